The van der Waals surface area contributed by atoms with E-state index in [1.54, 1.807) is 32.2 Å². The summed E-state index contributed by atoms with van der Waals surface area (Å²) in [6.07, 6.45) is 5.07. The van der Waals surface area contributed by atoms with Crippen LogP contribution in [0, 0.1) is 5.82 Å². The third kappa shape index (κ3) is 6.61. The van der Waals surface area contributed by atoms with Crippen molar-refractivity contribution in [2.75, 3.05) is 6.54 Å². The van der Waals surface area contributed by atoms with Gasteiger partial charge in [0, 0.05) is 44.1 Å². The Morgan fingerprint density at radius 3 is 2.69 bits per heavy atom. The molecule has 6 nitrogen and oxygen atoms in total. The van der Waals surface area contributed by atoms with Crippen LogP contribution in [0.5, 0.6) is 5.88 Å². The monoisotopic (exact) mass is 565 g/mol. The first-order valence-electron chi connectivity index (χ1n) is 12.4. The summed E-state index contributed by atoms with van der Waals surface area (Å²) < 4.78 is 34.6. The van der Waals surface area contributed by atoms with Gasteiger partial charge in [-0.15, -0.1) is 0 Å². The maximum Gasteiger partial charge on any atom is 0.218 e. The van der Waals surface area contributed by atoms with Gasteiger partial charge >= 0.3 is 0 Å². The van der Waals surface area contributed by atoms with Crippen molar-refractivity contribution in [1.82, 2.24) is 15.6 Å². The Bertz CT molecular complexity index is 1100. The molecule has 1 aliphatic heterocycles. The smallest absolute Gasteiger partial charge is 0.218 e. The molecule has 4 rings (SSSR count). The number of hydrogen-bond donors (Lipinski definition) is 3. The molecule has 3 atom stereocenters. The molecule has 3 N–H and O–H groups in total. The maximum atomic E-state index is 14.3. The second-order valence-electron chi connectivity index (χ2n) is 10.8. The fraction of sp³-hybridized carbons (Fsp3) is 0.556. The van der Waals surface area contributed by atoms with Crippen molar-refractivity contribution < 1.29 is 23.4 Å². The van der Waals surface area contributed by atoms with Crippen LogP contribution < -0.4 is 15.4 Å². The molecule has 1 aromatic heterocycles. The van der Waals surface area contributed by atoms with Gasteiger partial charge in [-0.3, -0.25) is 4.79 Å². The van der Waals surface area contributed by atoms with Gasteiger partial charge in [0.15, 0.2) is 0 Å². The molecule has 2 heterocycles. The summed E-state index contributed by atoms with van der Waals surface area (Å²) in [5, 5.41) is 17.4. The van der Waals surface area contributed by atoms with Crippen LogP contribution >= 0.6 is 15.9 Å². The van der Waals surface area contributed by atoms with Crippen LogP contribution in [-0.4, -0.2) is 46.0 Å². The van der Waals surface area contributed by atoms with Crippen molar-refractivity contribution in [1.29, 1.82) is 0 Å². The number of halogens is 3. The molecule has 1 saturated carbocycles. The van der Waals surface area contributed by atoms with Crippen molar-refractivity contribution in [3.8, 4) is 5.88 Å². The van der Waals surface area contributed by atoms with Gasteiger partial charge in [0.1, 0.15) is 17.1 Å². The minimum Gasteiger partial charge on any atom is -0.471 e. The van der Waals surface area contributed by atoms with Crippen molar-refractivity contribution in [2.24, 2.45) is 0 Å². The SMILES string of the molecule is CC(=O)N[C@@H](Cc1ccc(F)c(Br)c1)[C@H](O)CN[C@H]1CC2(CCC2)Oc2ncc(CC(C)(C)F)cc21. The minimum atomic E-state index is -1.36. The van der Waals surface area contributed by atoms with Crippen LogP contribution in [-0.2, 0) is 17.6 Å². The fourth-order valence-corrected chi connectivity index (χ4v) is 5.52. The zero-order valence-corrected chi connectivity index (χ0v) is 22.5. The third-order valence-corrected chi connectivity index (χ3v) is 7.56. The fourth-order valence-electron chi connectivity index (χ4n) is 5.09. The van der Waals surface area contributed by atoms with Crippen LogP contribution in [0.1, 0.15) is 69.2 Å². The van der Waals surface area contributed by atoms with E-state index in [-0.39, 0.29) is 36.3 Å². The molecule has 9 heteroatoms. The lowest BCUT2D eigenvalue weighted by atomic mass is 9.73. The molecule has 36 heavy (non-hydrogen) atoms. The summed E-state index contributed by atoms with van der Waals surface area (Å²) >= 11 is 3.19. The number of amides is 1. The van der Waals surface area contributed by atoms with Crippen LogP contribution in [0.2, 0.25) is 0 Å². The highest BCUT2D eigenvalue weighted by molar-refractivity contribution is 9.10. The number of fused-ring (bicyclic) bond motifs is 1. The van der Waals surface area contributed by atoms with E-state index in [2.05, 4.69) is 31.5 Å². The van der Waals surface area contributed by atoms with Crippen molar-refractivity contribution >= 4 is 21.8 Å². The first-order valence-corrected chi connectivity index (χ1v) is 13.2. The molecule has 2 aromatic rings. The summed E-state index contributed by atoms with van der Waals surface area (Å²) in [7, 11) is 0. The molecule has 1 spiro atoms. The van der Waals surface area contributed by atoms with Gasteiger partial charge in [0.05, 0.1) is 16.6 Å². The van der Waals surface area contributed by atoms with Gasteiger partial charge in [0.25, 0.3) is 0 Å². The van der Waals surface area contributed by atoms with Crippen LogP contribution in [0.3, 0.4) is 0 Å². The lowest BCUT2D eigenvalue weighted by Gasteiger charge is -2.47. The van der Waals surface area contributed by atoms with E-state index in [1.807, 2.05) is 6.07 Å². The molecule has 0 unspecified atom stereocenters. The average molecular weight is 566 g/mol. The molecule has 196 valence electrons. The van der Waals surface area contributed by atoms with E-state index in [4.69, 9.17) is 4.74 Å². The number of aliphatic hydroxyl groups excluding tert-OH is 1. The Kier molecular flexibility index (Phi) is 8.02. The first kappa shape index (κ1) is 26.9. The number of nitrogens with zero attached hydrogens (tertiary/aromatic N) is 1. The predicted octanol–water partition coefficient (Wildman–Crippen LogP) is 4.72. The molecular formula is C27H34BrF2N3O3. The predicted molar refractivity (Wildman–Crippen MR) is 137 cm³/mol. The van der Waals surface area contributed by atoms with Crippen LogP contribution in [0.25, 0.3) is 0 Å². The summed E-state index contributed by atoms with van der Waals surface area (Å²) in [6.45, 7) is 4.70. The molecule has 1 fully saturated rings. The number of alkyl halides is 1. The summed E-state index contributed by atoms with van der Waals surface area (Å²) in [6, 6.07) is 5.90. The standard InChI is InChI=1S/C27H34BrF2N3O3/c1-16(34)33-22(11-17-5-6-21(29)20(28)10-17)24(35)15-31-23-13-27(7-4-8-27)36-25-19(23)9-18(14-32-25)12-26(2,3)30/h5-6,9-10,14,22-24,31,35H,4,7-8,11-13,15H2,1-3H3,(H,33,34)/t22-,23-,24+/m0/s1. The molecule has 0 radical (unpaired) electrons. The largest absolute Gasteiger partial charge is 0.471 e. The summed E-state index contributed by atoms with van der Waals surface area (Å²) in [5.41, 5.74) is 0.815. The number of nitrogens with one attached hydrogen (secondary N) is 2. The molecule has 1 amide bonds. The van der Waals surface area contributed by atoms with Crippen molar-refractivity contribution in [3.05, 3.63) is 57.4 Å². The van der Waals surface area contributed by atoms with Crippen LogP contribution in [0.15, 0.2) is 34.9 Å². The Hall–Kier alpha value is -2.10. The number of aliphatic hydroxyl groups is 1. The quantitative estimate of drug-likeness (QED) is 0.410. The highest BCUT2D eigenvalue weighted by Crippen LogP contribution is 2.48. The first-order chi connectivity index (χ1) is 16.9. The second kappa shape index (κ2) is 10.7. The zero-order valence-electron chi connectivity index (χ0n) is 20.9. The molecular weight excluding hydrogens is 532 g/mol. The lowest BCUT2D eigenvalue weighted by molar-refractivity contribution is -0.120. The van der Waals surface area contributed by atoms with Crippen molar-refractivity contribution in [3.63, 3.8) is 0 Å². The Labute approximate surface area is 219 Å². The molecule has 0 saturated heterocycles. The Morgan fingerprint density at radius 1 is 1.33 bits per heavy atom. The van der Waals surface area contributed by atoms with Gasteiger partial charge in [-0.05, 0) is 84.8 Å². The molecule has 0 bridgehead atoms. The van der Waals surface area contributed by atoms with E-state index in [9.17, 15) is 18.7 Å². The number of carbonyl (C=O) groups excluding carboxylic acids is 1. The number of aromatic nitrogens is 1. The average Bonchev–Trinajstić information content (AvgIpc) is 2.76. The minimum absolute atomic E-state index is 0.128. The molecule has 2 aliphatic rings. The number of hydrogen-bond acceptors (Lipinski definition) is 5. The van der Waals surface area contributed by atoms with Gasteiger partial charge in [0.2, 0.25) is 11.8 Å². The maximum absolute atomic E-state index is 14.3. The van der Waals surface area contributed by atoms with E-state index < -0.39 is 17.8 Å². The molecule has 1 aromatic carbocycles. The summed E-state index contributed by atoms with van der Waals surface area (Å²) in [4.78, 5) is 16.4. The second-order valence-corrected chi connectivity index (χ2v) is 11.6. The third-order valence-electron chi connectivity index (χ3n) is 6.96. The number of benzene rings is 1. The summed E-state index contributed by atoms with van der Waals surface area (Å²) in [5.74, 6) is -0.0695. The highest BCUT2D eigenvalue weighted by atomic mass is 79.9. The lowest BCUT2D eigenvalue weighted by Crippen LogP contribution is -2.52. The van der Waals surface area contributed by atoms with Gasteiger partial charge in [-0.2, -0.15) is 0 Å². The van der Waals surface area contributed by atoms with E-state index in [1.165, 1.54) is 13.0 Å². The van der Waals surface area contributed by atoms with E-state index >= 15 is 0 Å². The highest BCUT2D eigenvalue weighted by Gasteiger charge is 2.46. The number of pyridine rings is 1. The van der Waals surface area contributed by atoms with E-state index in [0.29, 0.717) is 16.8 Å². The van der Waals surface area contributed by atoms with Crippen LogP contribution in [0.4, 0.5) is 8.78 Å². The molecule has 1 aliphatic carbocycles. The topological polar surface area (TPSA) is 83.5 Å². The van der Waals surface area contributed by atoms with E-state index in [0.717, 1.165) is 42.4 Å². The van der Waals surface area contributed by atoms with Gasteiger partial charge in [-0.25, -0.2) is 13.8 Å². The van der Waals surface area contributed by atoms with Gasteiger partial charge in [-0.1, -0.05) is 6.07 Å². The number of rotatable bonds is 9. The van der Waals surface area contributed by atoms with Gasteiger partial charge < -0.3 is 20.5 Å². The Balaban J connectivity index is 1.50. The number of carbonyl (C=O) groups is 1. The normalized spacial score (nSPS) is 20.1. The zero-order chi connectivity index (χ0) is 26.1. The van der Waals surface area contributed by atoms with Crippen molar-refractivity contribution in [2.45, 2.75) is 88.8 Å². The number of ether oxygens (including phenoxy) is 1. The Morgan fingerprint density at radius 2 is 2.08 bits per heavy atom.